The lowest BCUT2D eigenvalue weighted by Gasteiger charge is -2.54. The first-order valence-corrected chi connectivity index (χ1v) is 15.9. The summed E-state index contributed by atoms with van der Waals surface area (Å²) in [5.41, 5.74) is 5.21. The largest absolute Gasteiger partial charge is 0.468 e. The summed E-state index contributed by atoms with van der Waals surface area (Å²) in [4.78, 5) is 11.3. The number of carbonyl (C=O) groups is 1. The van der Waals surface area contributed by atoms with Gasteiger partial charge in [-0.1, -0.05) is 87.8 Å². The van der Waals surface area contributed by atoms with Gasteiger partial charge in [0.05, 0.1) is 21.0 Å². The summed E-state index contributed by atoms with van der Waals surface area (Å²) in [5.74, 6) is 0.128. The van der Waals surface area contributed by atoms with Gasteiger partial charge in [-0.15, -0.1) is 0 Å². The third kappa shape index (κ3) is 2.54. The molecule has 4 heteroatoms. The molecule has 0 heterocycles. The summed E-state index contributed by atoms with van der Waals surface area (Å²) in [5, 5.41) is 0. The Morgan fingerprint density at radius 1 is 0.800 bits per heavy atom. The number of carbonyl (C=O) groups excluding carboxylic acids is 1. The number of hydrogen-bond acceptors (Lipinski definition) is 2. The van der Waals surface area contributed by atoms with Crippen molar-refractivity contribution in [3.63, 3.8) is 0 Å². The molecular weight excluding hydrogens is 340 g/mol. The van der Waals surface area contributed by atoms with Crippen LogP contribution in [0, 0.1) is 0 Å². The highest BCUT2D eigenvalue weighted by atomic mass is 28.4. The molecule has 0 aromatic heterocycles. The number of ether oxygens (including phenoxy) is 1. The van der Waals surface area contributed by atoms with E-state index in [1.165, 1.54) is 22.3 Å². The Hall–Kier alpha value is -1.66. The highest BCUT2D eigenvalue weighted by Gasteiger charge is 2.61. The second kappa shape index (κ2) is 5.95. The zero-order valence-electron chi connectivity index (χ0n) is 16.1. The minimum absolute atomic E-state index is 0.128. The summed E-state index contributed by atoms with van der Waals surface area (Å²) in [6.45, 7) is 14.8. The van der Waals surface area contributed by atoms with Crippen LogP contribution in [0.15, 0.2) is 48.5 Å². The third-order valence-electron chi connectivity index (χ3n) is 5.70. The topological polar surface area (TPSA) is 26.3 Å². The van der Waals surface area contributed by atoms with Crippen LogP contribution in [0.3, 0.4) is 0 Å². The maximum absolute atomic E-state index is 11.7. The van der Waals surface area contributed by atoms with Crippen molar-refractivity contribution in [3.8, 4) is 11.1 Å². The van der Waals surface area contributed by atoms with Crippen molar-refractivity contribution in [1.82, 2.24) is 0 Å². The fourth-order valence-electron chi connectivity index (χ4n) is 5.08. The van der Waals surface area contributed by atoms with Gasteiger partial charge in [-0.05, 0) is 22.3 Å². The van der Waals surface area contributed by atoms with E-state index in [2.05, 4.69) is 87.8 Å². The lowest BCUT2D eigenvalue weighted by atomic mass is 9.97. The van der Waals surface area contributed by atoms with Crippen LogP contribution in [0.25, 0.3) is 11.1 Å². The standard InChI is InChI=1S/C21H28O2Si2/c1-24(2,3)21(23-15-22,25(4,5)6)20-18-13-9-7-11-16(18)17-12-8-10-14-19(17)20/h7-15,20H,1-6H3. The molecule has 2 aromatic carbocycles. The van der Waals surface area contributed by atoms with Crippen molar-refractivity contribution in [1.29, 1.82) is 0 Å². The molecule has 25 heavy (non-hydrogen) atoms. The van der Waals surface area contributed by atoms with Crippen LogP contribution in [0.1, 0.15) is 17.0 Å². The Bertz CT molecular complexity index is 741. The van der Waals surface area contributed by atoms with Crippen LogP contribution >= 0.6 is 0 Å². The Balaban J connectivity index is 2.39. The summed E-state index contributed by atoms with van der Waals surface area (Å²) in [6, 6.07) is 17.3. The molecule has 0 atom stereocenters. The van der Waals surface area contributed by atoms with Gasteiger partial charge in [0, 0.05) is 5.92 Å². The fraction of sp³-hybridized carbons (Fsp3) is 0.381. The van der Waals surface area contributed by atoms with Crippen molar-refractivity contribution in [2.75, 3.05) is 0 Å². The van der Waals surface area contributed by atoms with E-state index < -0.39 is 21.0 Å². The molecule has 0 bridgehead atoms. The van der Waals surface area contributed by atoms with Crippen molar-refractivity contribution < 1.29 is 9.53 Å². The molecule has 2 nitrogen and oxygen atoms in total. The van der Waals surface area contributed by atoms with Gasteiger partial charge in [-0.2, -0.15) is 0 Å². The van der Waals surface area contributed by atoms with Gasteiger partial charge in [-0.3, -0.25) is 4.79 Å². The highest BCUT2D eigenvalue weighted by molar-refractivity contribution is 6.99. The lowest BCUT2D eigenvalue weighted by molar-refractivity contribution is -0.133. The Morgan fingerprint density at radius 3 is 1.56 bits per heavy atom. The minimum atomic E-state index is -1.89. The van der Waals surface area contributed by atoms with Crippen molar-refractivity contribution in [2.45, 2.75) is 50.0 Å². The first kappa shape index (κ1) is 18.1. The zero-order valence-corrected chi connectivity index (χ0v) is 18.1. The molecule has 0 spiro atoms. The maximum Gasteiger partial charge on any atom is 0.293 e. The average molecular weight is 369 g/mol. The molecule has 0 aliphatic heterocycles. The van der Waals surface area contributed by atoms with Crippen LogP contribution < -0.4 is 0 Å². The normalized spacial score (nSPS) is 14.8. The van der Waals surface area contributed by atoms with Crippen LogP contribution in [-0.4, -0.2) is 27.5 Å². The highest BCUT2D eigenvalue weighted by Crippen LogP contribution is 2.55. The van der Waals surface area contributed by atoms with Crippen LogP contribution in [-0.2, 0) is 9.53 Å². The number of rotatable bonds is 5. The van der Waals surface area contributed by atoms with Gasteiger partial charge < -0.3 is 4.74 Å². The first-order valence-electron chi connectivity index (χ1n) is 8.95. The van der Waals surface area contributed by atoms with E-state index in [-0.39, 0.29) is 5.92 Å². The van der Waals surface area contributed by atoms with E-state index in [4.69, 9.17) is 4.74 Å². The molecule has 2 aromatic rings. The van der Waals surface area contributed by atoms with Crippen LogP contribution in [0.2, 0.25) is 39.3 Å². The second-order valence-corrected chi connectivity index (χ2v) is 20.0. The SMILES string of the molecule is C[Si](C)(C)C(OC=O)(C1c2ccccc2-c2ccccc21)[Si](C)(C)C. The molecule has 0 N–H and O–H groups in total. The second-order valence-electron chi connectivity index (χ2n) is 9.06. The van der Waals surface area contributed by atoms with E-state index >= 15 is 0 Å². The Kier molecular flexibility index (Phi) is 4.32. The Labute approximate surface area is 153 Å². The van der Waals surface area contributed by atoms with Gasteiger partial charge in [0.1, 0.15) is 0 Å². The zero-order chi connectivity index (χ0) is 18.5. The number of benzene rings is 2. The number of hydrogen-bond donors (Lipinski definition) is 0. The predicted octanol–water partition coefficient (Wildman–Crippen LogP) is 5.47. The smallest absolute Gasteiger partial charge is 0.293 e. The summed E-state index contributed by atoms with van der Waals surface area (Å²) < 4.78 is 6.20. The van der Waals surface area contributed by atoms with Crippen LogP contribution in [0.5, 0.6) is 0 Å². The fourth-order valence-corrected chi connectivity index (χ4v) is 17.2. The summed E-state index contributed by atoms with van der Waals surface area (Å²) in [7, 11) is -3.77. The molecule has 0 fully saturated rings. The van der Waals surface area contributed by atoms with Crippen LogP contribution in [0.4, 0.5) is 0 Å². The third-order valence-corrected chi connectivity index (χ3v) is 15.5. The van der Waals surface area contributed by atoms with Gasteiger partial charge in [0.2, 0.25) is 0 Å². The Morgan fingerprint density at radius 2 is 1.20 bits per heavy atom. The monoisotopic (exact) mass is 368 g/mol. The molecule has 0 saturated heterocycles. The minimum Gasteiger partial charge on any atom is -0.468 e. The summed E-state index contributed by atoms with van der Waals surface area (Å²) in [6.07, 6.45) is 0. The molecule has 1 aliphatic carbocycles. The van der Waals surface area contributed by atoms with E-state index in [1.54, 1.807) is 0 Å². The quantitative estimate of drug-likeness (QED) is 0.517. The molecule has 0 saturated carbocycles. The predicted molar refractivity (Wildman–Crippen MR) is 110 cm³/mol. The van der Waals surface area contributed by atoms with E-state index in [1.807, 2.05) is 0 Å². The molecule has 132 valence electrons. The van der Waals surface area contributed by atoms with E-state index in [0.29, 0.717) is 6.47 Å². The maximum atomic E-state index is 11.7. The average Bonchev–Trinajstić information content (AvgIpc) is 2.85. The van der Waals surface area contributed by atoms with Gasteiger partial charge in [-0.25, -0.2) is 0 Å². The number of fused-ring (bicyclic) bond motifs is 3. The molecule has 0 unspecified atom stereocenters. The van der Waals surface area contributed by atoms with Crippen molar-refractivity contribution in [3.05, 3.63) is 59.7 Å². The molecule has 1 aliphatic rings. The molecular formula is C21H28O2Si2. The van der Waals surface area contributed by atoms with Crippen molar-refractivity contribution >= 4 is 22.6 Å². The molecule has 0 radical (unpaired) electrons. The van der Waals surface area contributed by atoms with E-state index in [0.717, 1.165) is 0 Å². The van der Waals surface area contributed by atoms with Gasteiger partial charge >= 0.3 is 0 Å². The van der Waals surface area contributed by atoms with E-state index in [9.17, 15) is 4.79 Å². The van der Waals surface area contributed by atoms with Gasteiger partial charge in [0.15, 0.2) is 0 Å². The molecule has 0 amide bonds. The first-order chi connectivity index (χ1) is 11.6. The lowest BCUT2D eigenvalue weighted by Crippen LogP contribution is -2.70. The molecule has 3 rings (SSSR count). The summed E-state index contributed by atoms with van der Waals surface area (Å²) >= 11 is 0. The van der Waals surface area contributed by atoms with Crippen molar-refractivity contribution in [2.24, 2.45) is 0 Å². The van der Waals surface area contributed by atoms with Gasteiger partial charge in [0.25, 0.3) is 6.47 Å².